The highest BCUT2D eigenvalue weighted by Crippen LogP contribution is 2.48. The lowest BCUT2D eigenvalue weighted by Gasteiger charge is -2.32. The van der Waals surface area contributed by atoms with Gasteiger partial charge in [-0.05, 0) is 57.4 Å². The van der Waals surface area contributed by atoms with E-state index in [2.05, 4.69) is 9.97 Å². The zero-order valence-corrected chi connectivity index (χ0v) is 30.0. The molecule has 4 aromatic rings. The van der Waals surface area contributed by atoms with Crippen molar-refractivity contribution in [3.8, 4) is 23.2 Å². The number of alkyl halides is 4. The number of likely N-dealkylation sites (N-methyl/N-ethyl adjacent to an activating group) is 1. The molecule has 3 saturated heterocycles. The molecular formula is C36H37F6N7O3S. The largest absolute Gasteiger partial charge is 0.461 e. The van der Waals surface area contributed by atoms with Crippen molar-refractivity contribution in [1.29, 1.82) is 5.26 Å². The smallest absolute Gasteiger partial charge is 0.417 e. The zero-order valence-electron chi connectivity index (χ0n) is 29.2. The summed E-state index contributed by atoms with van der Waals surface area (Å²) in [6.45, 7) is 4.77. The molecule has 1 amide bonds. The average molecular weight is 762 g/mol. The predicted molar refractivity (Wildman–Crippen MR) is 187 cm³/mol. The Bertz CT molecular complexity index is 2140. The monoisotopic (exact) mass is 761 g/mol. The maximum atomic E-state index is 17.2. The Hall–Kier alpha value is -4.40. The van der Waals surface area contributed by atoms with Crippen molar-refractivity contribution in [3.63, 3.8) is 0 Å². The van der Waals surface area contributed by atoms with Gasteiger partial charge < -0.3 is 25.0 Å². The Balaban J connectivity index is 1.44. The number of hydrogen-bond donors (Lipinski definition) is 1. The highest BCUT2D eigenvalue weighted by atomic mass is 32.1. The van der Waals surface area contributed by atoms with Crippen molar-refractivity contribution >= 4 is 49.1 Å². The van der Waals surface area contributed by atoms with Gasteiger partial charge in [-0.3, -0.25) is 9.69 Å². The number of halogens is 6. The number of likely N-dealkylation sites (tertiary alicyclic amines) is 1. The Morgan fingerprint density at radius 2 is 2.02 bits per heavy atom. The number of anilines is 2. The summed E-state index contributed by atoms with van der Waals surface area (Å²) in [5.74, 6) is -2.52. The number of methoxy groups -OCH3 is 1. The van der Waals surface area contributed by atoms with Gasteiger partial charge >= 0.3 is 12.2 Å². The second-order valence-electron chi connectivity index (χ2n) is 14.0. The molecule has 3 fully saturated rings. The van der Waals surface area contributed by atoms with E-state index < -0.39 is 52.2 Å². The van der Waals surface area contributed by atoms with Crippen LogP contribution in [-0.4, -0.2) is 96.0 Å². The maximum absolute atomic E-state index is 17.2. The van der Waals surface area contributed by atoms with Gasteiger partial charge in [-0.1, -0.05) is 6.07 Å². The Morgan fingerprint density at radius 1 is 1.25 bits per heavy atom. The summed E-state index contributed by atoms with van der Waals surface area (Å²) in [4.78, 5) is 27.2. The molecule has 2 aromatic carbocycles. The minimum absolute atomic E-state index is 0.0301. The lowest BCUT2D eigenvalue weighted by molar-refractivity contribution is -0.137. The fraction of sp³-hybridized carbons (Fsp3) is 0.500. The van der Waals surface area contributed by atoms with E-state index in [0.717, 1.165) is 24.6 Å². The molecule has 17 heteroatoms. The van der Waals surface area contributed by atoms with Crippen molar-refractivity contribution in [3.05, 3.63) is 41.0 Å². The number of fused-ring (bicyclic) bond motifs is 3. The topological polar surface area (TPSA) is 121 Å². The van der Waals surface area contributed by atoms with Crippen LogP contribution in [0.25, 0.3) is 32.1 Å². The van der Waals surface area contributed by atoms with Crippen molar-refractivity contribution in [2.24, 2.45) is 0 Å². The van der Waals surface area contributed by atoms with E-state index >= 15 is 17.6 Å². The molecule has 0 bridgehead atoms. The van der Waals surface area contributed by atoms with Crippen LogP contribution >= 0.6 is 11.3 Å². The molecule has 3 aliphatic rings. The van der Waals surface area contributed by atoms with E-state index in [4.69, 9.17) is 15.2 Å². The van der Waals surface area contributed by atoms with E-state index in [-0.39, 0.29) is 94.6 Å². The van der Waals surface area contributed by atoms with Gasteiger partial charge in [0.2, 0.25) is 5.91 Å². The lowest BCUT2D eigenvalue weighted by atomic mass is 9.92. The number of nitrogen functional groups attached to an aromatic ring is 1. The van der Waals surface area contributed by atoms with Gasteiger partial charge in [0, 0.05) is 61.6 Å². The molecule has 0 unspecified atom stereocenters. The minimum Gasteiger partial charge on any atom is -0.461 e. The van der Waals surface area contributed by atoms with E-state index in [1.165, 1.54) is 7.11 Å². The standard InChI is InChI=1S/C36H37F6N7O3S/c1-4-48(20-10-18(2)49(15-20)26(50)16-51-3)33-22-11-24(36(40,41)42)28(21-6-7-25(38)31-27(21)23(13-43)32(44)53-31)29(39)30(22)45-34(46-33)52-17-35-8-5-9-47(35)14-19(37)12-35/h6-7,11,18-20H,4-5,8-10,12,14-17,44H2,1-3H3/t18-,19+,20-,35-/m0/s1. The third-order valence-corrected chi connectivity index (χ3v) is 11.8. The van der Waals surface area contributed by atoms with Crippen LogP contribution in [0.3, 0.4) is 0 Å². The van der Waals surface area contributed by atoms with E-state index in [9.17, 15) is 18.8 Å². The second-order valence-corrected chi connectivity index (χ2v) is 15.0. The molecule has 3 aliphatic heterocycles. The molecule has 5 heterocycles. The molecule has 0 radical (unpaired) electrons. The van der Waals surface area contributed by atoms with Crippen LogP contribution in [0.2, 0.25) is 0 Å². The van der Waals surface area contributed by atoms with E-state index in [1.807, 2.05) is 17.9 Å². The van der Waals surface area contributed by atoms with E-state index in [0.29, 0.717) is 30.7 Å². The molecule has 0 saturated carbocycles. The number of hydrogen-bond acceptors (Lipinski definition) is 10. The van der Waals surface area contributed by atoms with Crippen LogP contribution < -0.4 is 15.4 Å². The Morgan fingerprint density at radius 3 is 2.72 bits per heavy atom. The van der Waals surface area contributed by atoms with E-state index in [1.54, 1.807) is 16.7 Å². The fourth-order valence-electron chi connectivity index (χ4n) is 8.48. The highest BCUT2D eigenvalue weighted by molar-refractivity contribution is 7.23. The SMILES string of the molecule is CCN(c1nc(OC[C@@]23CCCN2C[C@H](F)C3)nc2c(F)c(-c3ccc(F)c4sc(N)c(C#N)c34)c(C(F)(F)F)cc12)[C@H]1C[C@H](C)N(C(=O)COC)C1. The summed E-state index contributed by atoms with van der Waals surface area (Å²) in [7, 11) is 1.40. The molecular weight excluding hydrogens is 724 g/mol. The van der Waals surface area contributed by atoms with Gasteiger partial charge in [0.25, 0.3) is 0 Å². The summed E-state index contributed by atoms with van der Waals surface area (Å²) >= 11 is 0.676. The summed E-state index contributed by atoms with van der Waals surface area (Å²) in [5.41, 5.74) is 1.85. The van der Waals surface area contributed by atoms with Crippen molar-refractivity contribution in [1.82, 2.24) is 19.8 Å². The number of nitrogens with two attached hydrogens (primary N) is 1. The minimum atomic E-state index is -5.13. The van der Waals surface area contributed by atoms with Gasteiger partial charge in [-0.2, -0.15) is 28.4 Å². The number of amides is 1. The molecule has 7 rings (SSSR count). The van der Waals surface area contributed by atoms with Crippen molar-refractivity contribution < 1.29 is 40.6 Å². The van der Waals surface area contributed by atoms with Crippen LogP contribution in [-0.2, 0) is 15.7 Å². The first kappa shape index (κ1) is 36.9. The fourth-order valence-corrected chi connectivity index (χ4v) is 9.43. The number of benzene rings is 2. The maximum Gasteiger partial charge on any atom is 0.417 e. The summed E-state index contributed by atoms with van der Waals surface area (Å²) < 4.78 is 103. The summed E-state index contributed by atoms with van der Waals surface area (Å²) in [6, 6.07) is 3.49. The van der Waals surface area contributed by atoms with Crippen molar-refractivity contribution in [2.75, 3.05) is 57.1 Å². The molecule has 2 N–H and O–H groups in total. The van der Waals surface area contributed by atoms with Crippen LogP contribution in [0.15, 0.2) is 18.2 Å². The number of carbonyl (C=O) groups is 1. The van der Waals surface area contributed by atoms with Gasteiger partial charge in [-0.25, -0.2) is 13.2 Å². The van der Waals surface area contributed by atoms with Gasteiger partial charge in [0.05, 0.1) is 21.4 Å². The molecule has 0 aliphatic carbocycles. The molecule has 4 atom stereocenters. The number of rotatable bonds is 9. The first-order chi connectivity index (χ1) is 25.2. The van der Waals surface area contributed by atoms with Crippen LogP contribution in [0.4, 0.5) is 37.2 Å². The Kier molecular flexibility index (Phi) is 9.61. The number of carbonyl (C=O) groups excluding carboxylic acids is 1. The molecule has 10 nitrogen and oxygen atoms in total. The zero-order chi connectivity index (χ0) is 38.0. The van der Waals surface area contributed by atoms with Crippen LogP contribution in [0.1, 0.15) is 50.7 Å². The number of ether oxygens (including phenoxy) is 2. The number of thiophene rings is 1. The first-order valence-corrected chi connectivity index (χ1v) is 18.1. The average Bonchev–Trinajstić information content (AvgIpc) is 3.85. The quantitative estimate of drug-likeness (QED) is 0.186. The number of nitrogens with zero attached hydrogens (tertiary/aromatic N) is 6. The summed E-state index contributed by atoms with van der Waals surface area (Å²) in [6.07, 6.45) is -4.07. The Labute approximate surface area is 305 Å². The number of nitriles is 1. The normalized spacial score (nSPS) is 23.2. The van der Waals surface area contributed by atoms with Crippen LogP contribution in [0.5, 0.6) is 6.01 Å². The third kappa shape index (κ3) is 6.27. The summed E-state index contributed by atoms with van der Waals surface area (Å²) in [5, 5.41) is 9.23. The third-order valence-electron chi connectivity index (χ3n) is 10.8. The molecule has 282 valence electrons. The van der Waals surface area contributed by atoms with Gasteiger partial charge in [-0.15, -0.1) is 11.3 Å². The van der Waals surface area contributed by atoms with Gasteiger partial charge in [0.1, 0.15) is 47.6 Å². The van der Waals surface area contributed by atoms with Crippen LogP contribution in [0, 0.1) is 23.0 Å². The lowest BCUT2D eigenvalue weighted by Crippen LogP contribution is -2.43. The molecule has 0 spiro atoms. The second kappa shape index (κ2) is 13.8. The molecule has 53 heavy (non-hydrogen) atoms. The van der Waals surface area contributed by atoms with Crippen molar-refractivity contribution in [2.45, 2.75) is 69.5 Å². The molecule has 2 aromatic heterocycles. The highest BCUT2D eigenvalue weighted by Gasteiger charge is 2.49. The first-order valence-electron chi connectivity index (χ1n) is 17.3. The number of aromatic nitrogens is 2. The van der Waals surface area contributed by atoms with Gasteiger partial charge in [0.15, 0.2) is 5.82 Å². The predicted octanol–water partition coefficient (Wildman–Crippen LogP) is 6.68.